The molecule has 0 saturated carbocycles. The molecule has 1 aromatic carbocycles. The Kier molecular flexibility index (Phi) is 6.11. The van der Waals surface area contributed by atoms with Crippen LogP contribution in [-0.2, 0) is 20.9 Å². The molecule has 1 aromatic heterocycles. The van der Waals surface area contributed by atoms with Crippen molar-refractivity contribution in [3.63, 3.8) is 0 Å². The van der Waals surface area contributed by atoms with Gasteiger partial charge in [0, 0.05) is 52.0 Å². The van der Waals surface area contributed by atoms with Gasteiger partial charge in [0.2, 0.25) is 5.91 Å². The number of piperazine rings is 2. The molecule has 0 N–H and O–H groups in total. The Morgan fingerprint density at radius 3 is 2.23 bits per heavy atom. The van der Waals surface area contributed by atoms with Gasteiger partial charge in [0.25, 0.3) is 0 Å². The minimum atomic E-state index is -0.672. The van der Waals surface area contributed by atoms with E-state index in [4.69, 9.17) is 0 Å². The van der Waals surface area contributed by atoms with E-state index in [2.05, 4.69) is 9.88 Å². The predicted molar refractivity (Wildman–Crippen MR) is 111 cm³/mol. The van der Waals surface area contributed by atoms with Crippen molar-refractivity contribution in [2.75, 3.05) is 50.7 Å². The summed E-state index contributed by atoms with van der Waals surface area (Å²) < 4.78 is 13.1. The molecule has 9 heteroatoms. The van der Waals surface area contributed by atoms with Crippen molar-refractivity contribution in [1.29, 1.82) is 0 Å². The van der Waals surface area contributed by atoms with Crippen LogP contribution in [0.5, 0.6) is 0 Å². The number of pyridine rings is 1. The van der Waals surface area contributed by atoms with Crippen molar-refractivity contribution in [2.45, 2.75) is 6.54 Å². The number of rotatable bonds is 5. The second-order valence-electron chi connectivity index (χ2n) is 7.64. The SMILES string of the molecule is O=C(CN1CCN(Cc2ccc(F)cc2)C(=O)C1=O)N1CCN(c2ccccn2)CC1. The smallest absolute Gasteiger partial charge is 0.312 e. The van der Waals surface area contributed by atoms with Gasteiger partial charge in [-0.3, -0.25) is 14.4 Å². The monoisotopic (exact) mass is 425 g/mol. The fourth-order valence-corrected chi connectivity index (χ4v) is 3.82. The van der Waals surface area contributed by atoms with E-state index in [1.807, 2.05) is 18.2 Å². The number of halogens is 1. The van der Waals surface area contributed by atoms with E-state index >= 15 is 0 Å². The van der Waals surface area contributed by atoms with Gasteiger partial charge in [-0.1, -0.05) is 18.2 Å². The molecule has 0 atom stereocenters. The van der Waals surface area contributed by atoms with Gasteiger partial charge in [-0.25, -0.2) is 9.37 Å². The molecule has 2 aliphatic heterocycles. The summed E-state index contributed by atoms with van der Waals surface area (Å²) >= 11 is 0. The maximum Gasteiger partial charge on any atom is 0.312 e. The van der Waals surface area contributed by atoms with Gasteiger partial charge in [-0.05, 0) is 29.8 Å². The molecule has 0 unspecified atom stereocenters. The van der Waals surface area contributed by atoms with Crippen molar-refractivity contribution in [3.05, 3.63) is 60.0 Å². The Labute approximate surface area is 179 Å². The summed E-state index contributed by atoms with van der Waals surface area (Å²) in [5.41, 5.74) is 0.748. The topological polar surface area (TPSA) is 77.1 Å². The van der Waals surface area contributed by atoms with Crippen molar-refractivity contribution in [3.8, 4) is 0 Å². The molecule has 2 aromatic rings. The number of benzene rings is 1. The Morgan fingerprint density at radius 1 is 0.871 bits per heavy atom. The van der Waals surface area contributed by atoms with Gasteiger partial charge in [0.15, 0.2) is 0 Å². The third-order valence-corrected chi connectivity index (χ3v) is 5.62. The molecule has 0 spiro atoms. The summed E-state index contributed by atoms with van der Waals surface area (Å²) in [5.74, 6) is -0.936. The lowest BCUT2D eigenvalue weighted by atomic mass is 10.2. The molecule has 0 aliphatic carbocycles. The van der Waals surface area contributed by atoms with Crippen molar-refractivity contribution >= 4 is 23.5 Å². The number of hydrogen-bond acceptors (Lipinski definition) is 5. The van der Waals surface area contributed by atoms with Crippen LogP contribution >= 0.6 is 0 Å². The number of amides is 3. The minimum Gasteiger partial charge on any atom is -0.353 e. The van der Waals surface area contributed by atoms with Crippen LogP contribution in [-0.4, -0.2) is 83.2 Å². The normalized spacial score (nSPS) is 17.3. The lowest BCUT2D eigenvalue weighted by Crippen LogP contribution is -2.57. The summed E-state index contributed by atoms with van der Waals surface area (Å²) in [6, 6.07) is 11.6. The number of carbonyl (C=O) groups is 3. The molecular formula is C22H24FN5O3. The molecule has 8 nitrogen and oxygen atoms in total. The Balaban J connectivity index is 1.28. The highest BCUT2D eigenvalue weighted by Crippen LogP contribution is 2.14. The second-order valence-corrected chi connectivity index (χ2v) is 7.64. The molecule has 2 fully saturated rings. The maximum atomic E-state index is 13.1. The van der Waals surface area contributed by atoms with E-state index in [9.17, 15) is 18.8 Å². The van der Waals surface area contributed by atoms with Gasteiger partial charge < -0.3 is 19.6 Å². The minimum absolute atomic E-state index is 0.0987. The van der Waals surface area contributed by atoms with E-state index in [1.165, 1.54) is 21.9 Å². The van der Waals surface area contributed by atoms with Gasteiger partial charge >= 0.3 is 11.8 Å². The van der Waals surface area contributed by atoms with Crippen molar-refractivity contribution < 1.29 is 18.8 Å². The predicted octanol–water partition coefficient (Wildman–Crippen LogP) is 0.740. The molecule has 0 bridgehead atoms. The number of aromatic nitrogens is 1. The highest BCUT2D eigenvalue weighted by atomic mass is 19.1. The summed E-state index contributed by atoms with van der Waals surface area (Å²) in [7, 11) is 0. The zero-order chi connectivity index (χ0) is 21.8. The Hall–Kier alpha value is -3.49. The maximum absolute atomic E-state index is 13.1. The molecule has 31 heavy (non-hydrogen) atoms. The fraction of sp³-hybridized carbons (Fsp3) is 0.364. The van der Waals surface area contributed by atoms with Crippen molar-refractivity contribution in [2.24, 2.45) is 0 Å². The van der Waals surface area contributed by atoms with E-state index in [0.29, 0.717) is 39.3 Å². The molecule has 162 valence electrons. The Morgan fingerprint density at radius 2 is 1.55 bits per heavy atom. The van der Waals surface area contributed by atoms with Crippen LogP contribution in [0, 0.1) is 5.82 Å². The van der Waals surface area contributed by atoms with E-state index < -0.39 is 11.8 Å². The third kappa shape index (κ3) is 4.82. The molecule has 3 amide bonds. The molecule has 2 aliphatic rings. The highest BCUT2D eigenvalue weighted by molar-refractivity contribution is 6.35. The average Bonchev–Trinajstić information content (AvgIpc) is 2.81. The number of anilines is 1. The summed E-state index contributed by atoms with van der Waals surface area (Å²) in [5, 5.41) is 0. The zero-order valence-corrected chi connectivity index (χ0v) is 17.1. The molecule has 3 heterocycles. The van der Waals surface area contributed by atoms with Crippen LogP contribution < -0.4 is 4.90 Å². The second kappa shape index (κ2) is 9.11. The van der Waals surface area contributed by atoms with E-state index in [0.717, 1.165) is 11.4 Å². The first-order chi connectivity index (χ1) is 15.0. The highest BCUT2D eigenvalue weighted by Gasteiger charge is 2.34. The van der Waals surface area contributed by atoms with Gasteiger partial charge in [0.05, 0.1) is 0 Å². The van der Waals surface area contributed by atoms with Gasteiger partial charge in [-0.2, -0.15) is 0 Å². The molecular weight excluding hydrogens is 401 g/mol. The third-order valence-electron chi connectivity index (χ3n) is 5.62. The Bertz CT molecular complexity index is 945. The summed E-state index contributed by atoms with van der Waals surface area (Å²) in [6.45, 7) is 3.20. The summed E-state index contributed by atoms with van der Waals surface area (Å²) in [6.07, 6.45) is 1.74. The first kappa shape index (κ1) is 20.8. The van der Waals surface area contributed by atoms with Crippen LogP contribution in [0.4, 0.5) is 10.2 Å². The van der Waals surface area contributed by atoms with E-state index in [-0.39, 0.29) is 24.8 Å². The van der Waals surface area contributed by atoms with Crippen LogP contribution in [0.15, 0.2) is 48.7 Å². The standard InChI is InChI=1S/C22H24FN5O3/c23-18-6-4-17(5-7-18)15-27-13-14-28(22(31)21(27)30)16-20(29)26-11-9-25(10-12-26)19-3-1-2-8-24-19/h1-8H,9-16H2. The quantitative estimate of drug-likeness (QED) is 0.661. The molecule has 4 rings (SSSR count). The van der Waals surface area contributed by atoms with Gasteiger partial charge in [0.1, 0.15) is 18.2 Å². The first-order valence-corrected chi connectivity index (χ1v) is 10.3. The lowest BCUT2D eigenvalue weighted by molar-refractivity contribution is -0.158. The largest absolute Gasteiger partial charge is 0.353 e. The number of hydrogen-bond donors (Lipinski definition) is 0. The van der Waals surface area contributed by atoms with Crippen LogP contribution in [0.3, 0.4) is 0 Å². The zero-order valence-electron chi connectivity index (χ0n) is 17.1. The van der Waals surface area contributed by atoms with E-state index in [1.54, 1.807) is 23.2 Å². The van der Waals surface area contributed by atoms with Gasteiger partial charge in [-0.15, -0.1) is 0 Å². The fourth-order valence-electron chi connectivity index (χ4n) is 3.82. The van der Waals surface area contributed by atoms with Crippen LogP contribution in [0.2, 0.25) is 0 Å². The first-order valence-electron chi connectivity index (χ1n) is 10.3. The van der Waals surface area contributed by atoms with Crippen molar-refractivity contribution in [1.82, 2.24) is 19.7 Å². The van der Waals surface area contributed by atoms with Crippen LogP contribution in [0.1, 0.15) is 5.56 Å². The number of carbonyl (C=O) groups excluding carboxylic acids is 3. The summed E-state index contributed by atoms with van der Waals surface area (Å²) in [4.78, 5) is 48.6. The van der Waals surface area contributed by atoms with Crippen LogP contribution in [0.25, 0.3) is 0 Å². The number of nitrogens with zero attached hydrogens (tertiary/aromatic N) is 5. The molecule has 2 saturated heterocycles. The average molecular weight is 425 g/mol. The molecule has 0 radical (unpaired) electrons. The lowest BCUT2D eigenvalue weighted by Gasteiger charge is -2.38.